The molecule has 0 atom stereocenters. The van der Waals surface area contributed by atoms with Crippen LogP contribution in [0, 0.1) is 17.2 Å². The summed E-state index contributed by atoms with van der Waals surface area (Å²) in [5.74, 6) is -1.03. The number of carboxylic acid groups (broad SMARTS) is 1. The molecule has 0 aromatic carbocycles. The maximum absolute atomic E-state index is 11.9. The molecule has 1 aliphatic rings. The van der Waals surface area contributed by atoms with Crippen molar-refractivity contribution in [3.05, 3.63) is 29.6 Å². The molecule has 2 rings (SSSR count). The third-order valence-electron chi connectivity index (χ3n) is 2.82. The van der Waals surface area contributed by atoms with E-state index >= 15 is 0 Å². The number of rotatable bonds is 3. The van der Waals surface area contributed by atoms with Crippen molar-refractivity contribution >= 4 is 11.9 Å². The minimum absolute atomic E-state index is 0.0323. The summed E-state index contributed by atoms with van der Waals surface area (Å²) in [5, 5.41) is 17.2. The first-order valence-corrected chi connectivity index (χ1v) is 5.47. The number of carbonyl (C=O) groups is 2. The van der Waals surface area contributed by atoms with Crippen LogP contribution in [0.2, 0.25) is 0 Å². The monoisotopic (exact) mass is 245 g/mol. The Hall–Kier alpha value is -2.42. The number of carboxylic acids is 1. The number of nitriles is 1. The number of hydrogen-bond donors (Lipinski definition) is 1. The molecule has 1 aromatic rings. The first-order valence-electron chi connectivity index (χ1n) is 5.47. The van der Waals surface area contributed by atoms with Crippen LogP contribution >= 0.6 is 0 Å². The molecular formula is C12H11N3O3. The van der Waals surface area contributed by atoms with Gasteiger partial charge < -0.3 is 10.0 Å². The molecule has 6 heteroatoms. The van der Waals surface area contributed by atoms with Crippen LogP contribution in [0.4, 0.5) is 0 Å². The molecule has 1 saturated heterocycles. The Balaban J connectivity index is 1.93. The van der Waals surface area contributed by atoms with E-state index in [4.69, 9.17) is 10.4 Å². The highest BCUT2D eigenvalue weighted by Gasteiger charge is 2.32. The number of hydrogen-bond acceptors (Lipinski definition) is 4. The average Bonchev–Trinajstić information content (AvgIpc) is 2.32. The molecule has 0 bridgehead atoms. The van der Waals surface area contributed by atoms with E-state index in [9.17, 15) is 9.59 Å². The molecular weight excluding hydrogens is 234 g/mol. The van der Waals surface area contributed by atoms with Gasteiger partial charge in [0, 0.05) is 25.2 Å². The summed E-state index contributed by atoms with van der Waals surface area (Å²) in [6.07, 6.45) is 1.44. The molecule has 1 aromatic heterocycles. The SMILES string of the molecule is N#Cc1ccc(C(=O)N2CC(CC(=O)O)C2)nc1. The summed E-state index contributed by atoms with van der Waals surface area (Å²) >= 11 is 0. The molecule has 1 amide bonds. The van der Waals surface area contributed by atoms with Gasteiger partial charge in [-0.3, -0.25) is 9.59 Å². The molecule has 0 saturated carbocycles. The van der Waals surface area contributed by atoms with Gasteiger partial charge >= 0.3 is 5.97 Å². The third kappa shape index (κ3) is 2.46. The second-order valence-corrected chi connectivity index (χ2v) is 4.22. The van der Waals surface area contributed by atoms with Gasteiger partial charge in [0.15, 0.2) is 0 Å². The fraction of sp³-hybridized carbons (Fsp3) is 0.333. The van der Waals surface area contributed by atoms with Gasteiger partial charge in [-0.25, -0.2) is 4.98 Å². The standard InChI is InChI=1S/C12H11N3O3/c13-4-8-1-2-10(14-5-8)12(18)15-6-9(7-15)3-11(16)17/h1-2,5,9H,3,6-7H2,(H,16,17). The largest absolute Gasteiger partial charge is 0.481 e. The van der Waals surface area contributed by atoms with Gasteiger partial charge in [-0.1, -0.05) is 0 Å². The van der Waals surface area contributed by atoms with Crippen LogP contribution in [0.15, 0.2) is 18.3 Å². The number of aromatic nitrogens is 1. The first-order chi connectivity index (χ1) is 8.60. The smallest absolute Gasteiger partial charge is 0.303 e. The number of aliphatic carboxylic acids is 1. The highest BCUT2D eigenvalue weighted by Crippen LogP contribution is 2.20. The summed E-state index contributed by atoms with van der Waals surface area (Å²) in [4.78, 5) is 27.8. The third-order valence-corrected chi connectivity index (χ3v) is 2.82. The second kappa shape index (κ2) is 4.84. The Morgan fingerprint density at radius 1 is 1.50 bits per heavy atom. The zero-order valence-electron chi connectivity index (χ0n) is 9.54. The van der Waals surface area contributed by atoms with Crippen LogP contribution in [0.3, 0.4) is 0 Å². The van der Waals surface area contributed by atoms with Gasteiger partial charge in [-0.15, -0.1) is 0 Å². The van der Waals surface area contributed by atoms with E-state index in [1.165, 1.54) is 18.3 Å². The van der Waals surface area contributed by atoms with E-state index in [1.807, 2.05) is 6.07 Å². The van der Waals surface area contributed by atoms with Crippen molar-refractivity contribution in [2.24, 2.45) is 5.92 Å². The minimum Gasteiger partial charge on any atom is -0.481 e. The first kappa shape index (κ1) is 12.0. The van der Waals surface area contributed by atoms with Gasteiger partial charge in [0.25, 0.3) is 5.91 Å². The number of likely N-dealkylation sites (tertiary alicyclic amines) is 1. The number of carbonyl (C=O) groups excluding carboxylic acids is 1. The van der Waals surface area contributed by atoms with Crippen LogP contribution in [0.1, 0.15) is 22.5 Å². The van der Waals surface area contributed by atoms with Crippen molar-refractivity contribution in [2.45, 2.75) is 6.42 Å². The molecule has 6 nitrogen and oxygen atoms in total. The highest BCUT2D eigenvalue weighted by atomic mass is 16.4. The van der Waals surface area contributed by atoms with Crippen LogP contribution in [0.25, 0.3) is 0 Å². The van der Waals surface area contributed by atoms with Crippen LogP contribution in [-0.2, 0) is 4.79 Å². The number of pyridine rings is 1. The highest BCUT2D eigenvalue weighted by molar-refractivity contribution is 5.93. The molecule has 0 spiro atoms. The number of amides is 1. The van der Waals surface area contributed by atoms with Gasteiger partial charge in [-0.05, 0) is 12.1 Å². The van der Waals surface area contributed by atoms with Crippen LogP contribution < -0.4 is 0 Å². The molecule has 18 heavy (non-hydrogen) atoms. The van der Waals surface area contributed by atoms with Gasteiger partial charge in [-0.2, -0.15) is 5.26 Å². The van der Waals surface area contributed by atoms with E-state index in [0.29, 0.717) is 18.7 Å². The molecule has 1 N–H and O–H groups in total. The predicted molar refractivity (Wildman–Crippen MR) is 60.6 cm³/mol. The average molecular weight is 245 g/mol. The van der Waals surface area contributed by atoms with E-state index in [2.05, 4.69) is 4.98 Å². The van der Waals surface area contributed by atoms with Crippen molar-refractivity contribution in [3.8, 4) is 6.07 Å². The quantitative estimate of drug-likeness (QED) is 0.836. The minimum atomic E-state index is -0.844. The van der Waals surface area contributed by atoms with Crippen molar-refractivity contribution in [3.63, 3.8) is 0 Å². The molecule has 0 radical (unpaired) electrons. The summed E-state index contributed by atoms with van der Waals surface area (Å²) in [6, 6.07) is 4.97. The van der Waals surface area contributed by atoms with Gasteiger partial charge in [0.2, 0.25) is 0 Å². The van der Waals surface area contributed by atoms with Crippen molar-refractivity contribution < 1.29 is 14.7 Å². The summed E-state index contributed by atoms with van der Waals surface area (Å²) in [5.41, 5.74) is 0.682. The van der Waals surface area contributed by atoms with E-state index in [1.54, 1.807) is 4.90 Å². The summed E-state index contributed by atoms with van der Waals surface area (Å²) in [6.45, 7) is 0.902. The molecule has 1 aliphatic heterocycles. The predicted octanol–water partition coefficient (Wildman–Crippen LogP) is 0.500. The Morgan fingerprint density at radius 3 is 2.72 bits per heavy atom. The molecule has 0 unspecified atom stereocenters. The van der Waals surface area contributed by atoms with Crippen molar-refractivity contribution in [1.82, 2.24) is 9.88 Å². The Labute approximate surface area is 103 Å². The summed E-state index contributed by atoms with van der Waals surface area (Å²) in [7, 11) is 0. The fourth-order valence-corrected chi connectivity index (χ4v) is 1.86. The molecule has 2 heterocycles. The summed E-state index contributed by atoms with van der Waals surface area (Å²) < 4.78 is 0. The lowest BCUT2D eigenvalue weighted by Crippen LogP contribution is -2.50. The second-order valence-electron chi connectivity index (χ2n) is 4.22. The maximum atomic E-state index is 11.9. The normalized spacial score (nSPS) is 14.7. The Bertz CT molecular complexity index is 512. The van der Waals surface area contributed by atoms with E-state index < -0.39 is 5.97 Å². The zero-order valence-corrected chi connectivity index (χ0v) is 9.54. The zero-order chi connectivity index (χ0) is 13.1. The molecule has 1 fully saturated rings. The van der Waals surface area contributed by atoms with Gasteiger partial charge in [0.1, 0.15) is 11.8 Å². The van der Waals surface area contributed by atoms with Crippen molar-refractivity contribution in [2.75, 3.05) is 13.1 Å². The topological polar surface area (TPSA) is 94.3 Å². The molecule has 0 aliphatic carbocycles. The van der Waals surface area contributed by atoms with E-state index in [-0.39, 0.29) is 23.9 Å². The maximum Gasteiger partial charge on any atom is 0.303 e. The van der Waals surface area contributed by atoms with Crippen LogP contribution in [-0.4, -0.2) is 40.0 Å². The van der Waals surface area contributed by atoms with E-state index in [0.717, 1.165) is 0 Å². The van der Waals surface area contributed by atoms with Gasteiger partial charge in [0.05, 0.1) is 12.0 Å². The lowest BCUT2D eigenvalue weighted by atomic mass is 9.96. The van der Waals surface area contributed by atoms with Crippen LogP contribution in [0.5, 0.6) is 0 Å². The fourth-order valence-electron chi connectivity index (χ4n) is 1.86. The Morgan fingerprint density at radius 2 is 2.22 bits per heavy atom. The van der Waals surface area contributed by atoms with Crippen molar-refractivity contribution in [1.29, 1.82) is 5.26 Å². The number of nitrogens with zero attached hydrogens (tertiary/aromatic N) is 3. The lowest BCUT2D eigenvalue weighted by Gasteiger charge is -2.38. The Kier molecular flexibility index (Phi) is 3.24. The lowest BCUT2D eigenvalue weighted by molar-refractivity contribution is -0.139. The molecule has 92 valence electrons.